The maximum atomic E-state index is 13.6. The fourth-order valence-electron chi connectivity index (χ4n) is 4.58. The number of carbonyl (C=O) groups is 1. The van der Waals surface area contributed by atoms with Gasteiger partial charge in [0.2, 0.25) is 5.71 Å². The first-order valence-electron chi connectivity index (χ1n) is 10.9. The van der Waals surface area contributed by atoms with Gasteiger partial charge in [0.25, 0.3) is 5.91 Å². The first-order valence-corrected chi connectivity index (χ1v) is 10.9. The third-order valence-electron chi connectivity index (χ3n) is 6.27. The Morgan fingerprint density at radius 1 is 1.06 bits per heavy atom. The van der Waals surface area contributed by atoms with Gasteiger partial charge in [-0.1, -0.05) is 0 Å². The number of benzene rings is 2. The van der Waals surface area contributed by atoms with E-state index in [2.05, 4.69) is 5.10 Å². The molecule has 4 aromatic rings. The number of methoxy groups -OCH3 is 2. The molecule has 0 unspecified atom stereocenters. The Balaban J connectivity index is 1.53. The molecule has 0 atom stereocenters. The standard InChI is InChI=1S/C25H25N3O6/c1-13-22(24(31)27-8-7-15-9-20(32-3)21(33-4)10-16(15)12-27)25-28(26-13)23(14(2)34-25)18-6-5-17(29)11-19(18)30/h5-6,9-11,29-30H,7-8,12H2,1-4H3. The van der Waals surface area contributed by atoms with Crippen LogP contribution in [-0.2, 0) is 13.0 Å². The van der Waals surface area contributed by atoms with Crippen LogP contribution in [0.15, 0.2) is 34.7 Å². The average Bonchev–Trinajstić information content (AvgIpc) is 3.29. The van der Waals surface area contributed by atoms with Crippen molar-refractivity contribution in [2.24, 2.45) is 0 Å². The zero-order valence-electron chi connectivity index (χ0n) is 19.4. The molecule has 2 N–H and O–H groups in total. The lowest BCUT2D eigenvalue weighted by molar-refractivity contribution is 0.0734. The van der Waals surface area contributed by atoms with Crippen molar-refractivity contribution in [2.75, 3.05) is 20.8 Å². The highest BCUT2D eigenvalue weighted by molar-refractivity contribution is 6.01. The number of fused-ring (bicyclic) bond motifs is 2. The molecule has 0 saturated heterocycles. The fourth-order valence-corrected chi connectivity index (χ4v) is 4.58. The molecule has 0 fully saturated rings. The van der Waals surface area contributed by atoms with Gasteiger partial charge in [-0.05, 0) is 55.7 Å². The highest BCUT2D eigenvalue weighted by Gasteiger charge is 2.31. The minimum Gasteiger partial charge on any atom is -0.508 e. The van der Waals surface area contributed by atoms with E-state index in [0.717, 1.165) is 11.1 Å². The van der Waals surface area contributed by atoms with Crippen molar-refractivity contribution in [3.05, 3.63) is 58.5 Å². The van der Waals surface area contributed by atoms with Gasteiger partial charge < -0.3 is 29.0 Å². The quantitative estimate of drug-likeness (QED) is 0.473. The van der Waals surface area contributed by atoms with Crippen molar-refractivity contribution in [1.29, 1.82) is 0 Å². The zero-order chi connectivity index (χ0) is 24.1. The number of aromatic nitrogens is 2. The van der Waals surface area contributed by atoms with E-state index >= 15 is 0 Å². The van der Waals surface area contributed by atoms with Crippen LogP contribution in [0.1, 0.15) is 32.9 Å². The largest absolute Gasteiger partial charge is 0.508 e. The molecule has 1 amide bonds. The molecular formula is C25H25N3O6. The zero-order valence-corrected chi connectivity index (χ0v) is 19.4. The molecule has 0 spiro atoms. The fraction of sp³-hybridized carbons (Fsp3) is 0.280. The molecule has 9 nitrogen and oxygen atoms in total. The van der Waals surface area contributed by atoms with E-state index in [0.29, 0.717) is 65.0 Å². The maximum Gasteiger partial charge on any atom is 0.261 e. The lowest BCUT2D eigenvalue weighted by atomic mass is 9.98. The lowest BCUT2D eigenvalue weighted by Gasteiger charge is -2.29. The molecule has 2 aromatic carbocycles. The van der Waals surface area contributed by atoms with Crippen molar-refractivity contribution in [2.45, 2.75) is 26.8 Å². The number of oxazole rings is 1. The molecule has 5 rings (SSSR count). The number of phenolic OH excluding ortho intramolecular Hbond substituents is 2. The van der Waals surface area contributed by atoms with Crippen LogP contribution in [0.5, 0.6) is 23.0 Å². The number of phenols is 2. The molecule has 34 heavy (non-hydrogen) atoms. The molecule has 3 heterocycles. The van der Waals surface area contributed by atoms with Crippen LogP contribution in [0.25, 0.3) is 17.0 Å². The van der Waals surface area contributed by atoms with Gasteiger partial charge in [0.15, 0.2) is 11.5 Å². The molecule has 1 aliphatic rings. The second kappa shape index (κ2) is 8.02. The Morgan fingerprint density at radius 3 is 2.44 bits per heavy atom. The smallest absolute Gasteiger partial charge is 0.261 e. The molecule has 1 aliphatic heterocycles. The molecule has 0 saturated carbocycles. The maximum absolute atomic E-state index is 13.6. The Labute approximate surface area is 195 Å². The number of nitrogens with zero attached hydrogens (tertiary/aromatic N) is 3. The minimum absolute atomic E-state index is 0.0502. The summed E-state index contributed by atoms with van der Waals surface area (Å²) in [5.41, 5.74) is 4.33. The minimum atomic E-state index is -0.178. The van der Waals surface area contributed by atoms with Crippen LogP contribution < -0.4 is 9.47 Å². The molecule has 9 heteroatoms. The van der Waals surface area contributed by atoms with Crippen molar-refractivity contribution < 1.29 is 28.9 Å². The van der Waals surface area contributed by atoms with Gasteiger partial charge in [-0.15, -0.1) is 0 Å². The molecule has 0 bridgehead atoms. The van der Waals surface area contributed by atoms with Gasteiger partial charge in [0, 0.05) is 24.7 Å². The summed E-state index contributed by atoms with van der Waals surface area (Å²) in [5, 5.41) is 24.6. The van der Waals surface area contributed by atoms with Crippen LogP contribution in [-0.4, -0.2) is 51.4 Å². The predicted molar refractivity (Wildman–Crippen MR) is 124 cm³/mol. The van der Waals surface area contributed by atoms with Crippen molar-refractivity contribution in [3.63, 3.8) is 0 Å². The van der Waals surface area contributed by atoms with Gasteiger partial charge in [-0.25, -0.2) is 0 Å². The molecule has 0 aliphatic carbocycles. The number of hydrogen-bond donors (Lipinski definition) is 2. The van der Waals surface area contributed by atoms with E-state index in [1.165, 1.54) is 16.6 Å². The lowest BCUT2D eigenvalue weighted by Crippen LogP contribution is -2.36. The summed E-state index contributed by atoms with van der Waals surface area (Å²) >= 11 is 0. The summed E-state index contributed by atoms with van der Waals surface area (Å²) in [5.74, 6) is 1.46. The van der Waals surface area contributed by atoms with Gasteiger partial charge in [0.05, 0.1) is 19.9 Å². The van der Waals surface area contributed by atoms with Crippen LogP contribution in [0, 0.1) is 13.8 Å². The van der Waals surface area contributed by atoms with E-state index in [9.17, 15) is 15.0 Å². The number of hydrogen-bond acceptors (Lipinski definition) is 7. The average molecular weight is 463 g/mol. The SMILES string of the molecule is COc1cc2c(cc1OC)CN(C(=O)c1c(C)nn3c(-c4ccc(O)cc4O)c(C)oc13)CC2. The van der Waals surface area contributed by atoms with E-state index in [1.807, 2.05) is 12.1 Å². The molecule has 176 valence electrons. The Morgan fingerprint density at radius 2 is 1.76 bits per heavy atom. The second-order valence-corrected chi connectivity index (χ2v) is 8.34. The summed E-state index contributed by atoms with van der Waals surface area (Å²) in [4.78, 5) is 15.4. The Kier molecular flexibility index (Phi) is 5.11. The summed E-state index contributed by atoms with van der Waals surface area (Å²) < 4.78 is 18.4. The topological polar surface area (TPSA) is 110 Å². The van der Waals surface area contributed by atoms with Crippen LogP contribution in [0.4, 0.5) is 0 Å². The van der Waals surface area contributed by atoms with E-state index in [-0.39, 0.29) is 17.4 Å². The van der Waals surface area contributed by atoms with Gasteiger partial charge in [-0.3, -0.25) is 4.79 Å². The highest BCUT2D eigenvalue weighted by Crippen LogP contribution is 2.38. The third kappa shape index (κ3) is 3.32. The first kappa shape index (κ1) is 21.7. The number of amides is 1. The monoisotopic (exact) mass is 463 g/mol. The van der Waals surface area contributed by atoms with Gasteiger partial charge in [-0.2, -0.15) is 9.61 Å². The van der Waals surface area contributed by atoms with E-state index < -0.39 is 0 Å². The van der Waals surface area contributed by atoms with Crippen molar-refractivity contribution in [3.8, 4) is 34.3 Å². The third-order valence-corrected chi connectivity index (χ3v) is 6.27. The van der Waals surface area contributed by atoms with E-state index in [4.69, 9.17) is 13.9 Å². The molecule has 0 radical (unpaired) electrons. The van der Waals surface area contributed by atoms with Crippen LogP contribution >= 0.6 is 0 Å². The number of carbonyl (C=O) groups excluding carboxylic acids is 1. The van der Waals surface area contributed by atoms with Gasteiger partial charge in [0.1, 0.15) is 28.5 Å². The summed E-state index contributed by atoms with van der Waals surface area (Å²) in [6, 6.07) is 8.20. The van der Waals surface area contributed by atoms with Crippen molar-refractivity contribution in [1.82, 2.24) is 14.5 Å². The van der Waals surface area contributed by atoms with Crippen LogP contribution in [0.3, 0.4) is 0 Å². The summed E-state index contributed by atoms with van der Waals surface area (Å²) in [6.07, 6.45) is 0.689. The molecule has 2 aromatic heterocycles. The first-order chi connectivity index (χ1) is 16.3. The number of rotatable bonds is 4. The Hall–Kier alpha value is -4.14. The van der Waals surface area contributed by atoms with Gasteiger partial charge >= 0.3 is 0 Å². The number of ether oxygens (including phenoxy) is 2. The van der Waals surface area contributed by atoms with E-state index in [1.54, 1.807) is 39.0 Å². The number of aromatic hydroxyl groups is 2. The Bertz CT molecular complexity index is 1430. The van der Waals surface area contributed by atoms with Crippen LogP contribution in [0.2, 0.25) is 0 Å². The summed E-state index contributed by atoms with van der Waals surface area (Å²) in [7, 11) is 3.19. The predicted octanol–water partition coefficient (Wildman–Crippen LogP) is 3.84. The molecular weight excluding hydrogens is 438 g/mol. The summed E-state index contributed by atoms with van der Waals surface area (Å²) in [6.45, 7) is 4.48. The second-order valence-electron chi connectivity index (χ2n) is 8.34. The number of aryl methyl sites for hydroxylation is 2. The highest BCUT2D eigenvalue weighted by atomic mass is 16.5. The normalized spacial score (nSPS) is 13.2. The van der Waals surface area contributed by atoms with Crippen molar-refractivity contribution >= 4 is 11.6 Å².